The highest BCUT2D eigenvalue weighted by Crippen LogP contribution is 2.24. The highest BCUT2D eigenvalue weighted by atomic mass is 16.4. The Kier molecular flexibility index (Phi) is 13.4. The van der Waals surface area contributed by atoms with Crippen LogP contribution < -0.4 is 31.5 Å². The Bertz CT molecular complexity index is 1760. The molecular formula is C38H42N6O6. The van der Waals surface area contributed by atoms with Gasteiger partial charge >= 0.3 is 5.97 Å². The lowest BCUT2D eigenvalue weighted by molar-refractivity contribution is -0.135. The first kappa shape index (κ1) is 37.0. The second kappa shape index (κ2) is 18.1. The van der Waals surface area contributed by atoms with Crippen LogP contribution in [0.15, 0.2) is 103 Å². The number of benzene rings is 4. The topological polar surface area (TPSA) is 179 Å². The predicted molar refractivity (Wildman–Crippen MR) is 193 cm³/mol. The average molecular weight is 679 g/mol. The van der Waals surface area contributed by atoms with Crippen molar-refractivity contribution in [2.45, 2.75) is 26.3 Å². The summed E-state index contributed by atoms with van der Waals surface area (Å²) in [7, 11) is 0. The summed E-state index contributed by atoms with van der Waals surface area (Å²) in [6.45, 7) is 2.78. The van der Waals surface area contributed by atoms with Crippen LogP contribution in [0, 0.1) is 0 Å². The number of amides is 4. The van der Waals surface area contributed by atoms with Crippen molar-refractivity contribution in [2.75, 3.05) is 47.4 Å². The Morgan fingerprint density at radius 2 is 1.12 bits per heavy atom. The first-order valence-electron chi connectivity index (χ1n) is 16.3. The minimum atomic E-state index is -1.15. The number of aliphatic carboxylic acids is 1. The maximum atomic E-state index is 13.8. The molecule has 4 aromatic carbocycles. The molecule has 0 aliphatic carbocycles. The standard InChI is InChI=1S/C38H42N6O6/c1-2-22-42(31-15-9-28(10-16-31)36(48)41-25-35(46)47)37(49)29-11-17-32(18-12-29)43(23-6-21-39)38(50)30-13-19-33(20-14-30)44(34(45)24-40)26-27-7-4-3-5-8-27/h3-5,7-20H,2,6,21-26,39-40H2,1H3,(H,41,48)(H,46,47). The molecule has 12 heteroatoms. The second-order valence-corrected chi connectivity index (χ2v) is 11.4. The van der Waals surface area contributed by atoms with Gasteiger partial charge in [0, 0.05) is 46.8 Å². The number of carboxylic acid groups (broad SMARTS) is 1. The Morgan fingerprint density at radius 1 is 0.640 bits per heavy atom. The minimum Gasteiger partial charge on any atom is -0.480 e. The molecule has 50 heavy (non-hydrogen) atoms. The Balaban J connectivity index is 1.52. The molecule has 0 saturated heterocycles. The van der Waals surface area contributed by atoms with E-state index in [1.165, 1.54) is 12.1 Å². The van der Waals surface area contributed by atoms with Gasteiger partial charge in [-0.3, -0.25) is 24.0 Å². The molecule has 12 nitrogen and oxygen atoms in total. The third kappa shape index (κ3) is 9.62. The van der Waals surface area contributed by atoms with Crippen molar-refractivity contribution in [3.63, 3.8) is 0 Å². The van der Waals surface area contributed by atoms with Crippen LogP contribution in [0.3, 0.4) is 0 Å². The van der Waals surface area contributed by atoms with Gasteiger partial charge in [-0.25, -0.2) is 0 Å². The van der Waals surface area contributed by atoms with Gasteiger partial charge in [-0.15, -0.1) is 0 Å². The molecule has 0 aliphatic heterocycles. The maximum Gasteiger partial charge on any atom is 0.322 e. The molecule has 4 amide bonds. The number of nitrogens with two attached hydrogens (primary N) is 2. The van der Waals surface area contributed by atoms with E-state index >= 15 is 0 Å². The zero-order valence-electron chi connectivity index (χ0n) is 28.0. The van der Waals surface area contributed by atoms with Gasteiger partial charge < -0.3 is 36.6 Å². The lowest BCUT2D eigenvalue weighted by Gasteiger charge is -2.25. The number of nitrogens with one attached hydrogen (secondary N) is 1. The molecule has 260 valence electrons. The van der Waals surface area contributed by atoms with Crippen molar-refractivity contribution in [3.05, 3.63) is 125 Å². The minimum absolute atomic E-state index is 0.156. The predicted octanol–water partition coefficient (Wildman–Crippen LogP) is 4.05. The molecule has 0 atom stereocenters. The van der Waals surface area contributed by atoms with Crippen LogP contribution in [0.5, 0.6) is 0 Å². The van der Waals surface area contributed by atoms with Crippen molar-refractivity contribution in [1.82, 2.24) is 5.32 Å². The van der Waals surface area contributed by atoms with E-state index < -0.39 is 18.4 Å². The van der Waals surface area contributed by atoms with E-state index in [2.05, 4.69) is 5.32 Å². The highest BCUT2D eigenvalue weighted by Gasteiger charge is 2.22. The van der Waals surface area contributed by atoms with Gasteiger partial charge in [0.25, 0.3) is 17.7 Å². The van der Waals surface area contributed by atoms with Crippen molar-refractivity contribution >= 4 is 46.7 Å². The van der Waals surface area contributed by atoms with Crippen LogP contribution >= 0.6 is 0 Å². The summed E-state index contributed by atoms with van der Waals surface area (Å²) in [6, 6.07) is 29.5. The summed E-state index contributed by atoms with van der Waals surface area (Å²) in [5.74, 6) is -2.44. The summed E-state index contributed by atoms with van der Waals surface area (Å²) in [6.07, 6.45) is 1.23. The van der Waals surface area contributed by atoms with Gasteiger partial charge in [-0.1, -0.05) is 37.3 Å². The van der Waals surface area contributed by atoms with Crippen LogP contribution in [0.25, 0.3) is 0 Å². The summed E-state index contributed by atoms with van der Waals surface area (Å²) in [5, 5.41) is 11.1. The van der Waals surface area contributed by atoms with Gasteiger partial charge in [0.15, 0.2) is 0 Å². The van der Waals surface area contributed by atoms with Crippen molar-refractivity contribution in [1.29, 1.82) is 0 Å². The van der Waals surface area contributed by atoms with E-state index in [4.69, 9.17) is 16.6 Å². The number of nitrogens with zero attached hydrogens (tertiary/aromatic N) is 3. The third-order valence-electron chi connectivity index (χ3n) is 7.88. The largest absolute Gasteiger partial charge is 0.480 e. The molecule has 0 unspecified atom stereocenters. The Hall–Kier alpha value is -5.85. The number of carbonyl (C=O) groups excluding carboxylic acids is 4. The Morgan fingerprint density at radius 3 is 1.58 bits per heavy atom. The molecular weight excluding hydrogens is 636 g/mol. The van der Waals surface area contributed by atoms with Crippen molar-refractivity contribution in [3.8, 4) is 0 Å². The van der Waals surface area contributed by atoms with E-state index in [0.717, 1.165) is 5.56 Å². The fourth-order valence-corrected chi connectivity index (χ4v) is 5.30. The average Bonchev–Trinajstić information content (AvgIpc) is 3.15. The van der Waals surface area contributed by atoms with Crippen LogP contribution in [0.2, 0.25) is 0 Å². The van der Waals surface area contributed by atoms with Crippen LogP contribution in [0.1, 0.15) is 56.4 Å². The molecule has 6 N–H and O–H groups in total. The van der Waals surface area contributed by atoms with Gasteiger partial charge in [0.05, 0.1) is 13.1 Å². The smallest absolute Gasteiger partial charge is 0.322 e. The molecule has 0 aromatic heterocycles. The molecule has 4 rings (SSSR count). The van der Waals surface area contributed by atoms with Crippen molar-refractivity contribution < 1.29 is 29.1 Å². The first-order chi connectivity index (χ1) is 24.2. The molecule has 0 bridgehead atoms. The van der Waals surface area contributed by atoms with Crippen LogP contribution in [0.4, 0.5) is 17.1 Å². The van der Waals surface area contributed by atoms with Gasteiger partial charge in [-0.05, 0) is 97.7 Å². The van der Waals surface area contributed by atoms with Crippen molar-refractivity contribution in [2.24, 2.45) is 11.5 Å². The lowest BCUT2D eigenvalue weighted by atomic mass is 10.1. The summed E-state index contributed by atoms with van der Waals surface area (Å²) in [5.41, 5.74) is 15.3. The molecule has 0 radical (unpaired) electrons. The zero-order valence-corrected chi connectivity index (χ0v) is 28.0. The van der Waals surface area contributed by atoms with E-state index in [0.29, 0.717) is 67.2 Å². The van der Waals surface area contributed by atoms with Gasteiger partial charge in [0.1, 0.15) is 6.54 Å². The highest BCUT2D eigenvalue weighted by molar-refractivity contribution is 6.08. The molecule has 4 aromatic rings. The van der Waals surface area contributed by atoms with E-state index in [1.807, 2.05) is 37.3 Å². The number of hydrogen-bond donors (Lipinski definition) is 4. The molecule has 0 spiro atoms. The number of anilines is 3. The Labute approximate surface area is 291 Å². The van der Waals surface area contributed by atoms with Crippen LogP contribution in [-0.4, -0.2) is 67.4 Å². The van der Waals surface area contributed by atoms with Crippen LogP contribution in [-0.2, 0) is 16.1 Å². The number of rotatable bonds is 16. The first-order valence-corrected chi connectivity index (χ1v) is 16.3. The molecule has 0 aliphatic rings. The fraction of sp³-hybridized carbons (Fsp3) is 0.237. The third-order valence-corrected chi connectivity index (χ3v) is 7.88. The van der Waals surface area contributed by atoms with E-state index in [-0.39, 0.29) is 29.8 Å². The monoisotopic (exact) mass is 678 g/mol. The summed E-state index contributed by atoms with van der Waals surface area (Å²) in [4.78, 5) is 68.0. The number of hydrogen-bond acceptors (Lipinski definition) is 7. The van der Waals surface area contributed by atoms with E-state index in [1.54, 1.807) is 75.4 Å². The van der Waals surface area contributed by atoms with E-state index in [9.17, 15) is 24.0 Å². The second-order valence-electron chi connectivity index (χ2n) is 11.4. The van der Waals surface area contributed by atoms with Gasteiger partial charge in [-0.2, -0.15) is 0 Å². The molecule has 0 fully saturated rings. The fourth-order valence-electron chi connectivity index (χ4n) is 5.30. The number of carboxylic acids is 1. The SMILES string of the molecule is CCCN(C(=O)c1ccc(N(CCCN)C(=O)c2ccc(N(Cc3ccccc3)C(=O)CN)cc2)cc1)c1ccc(C(=O)NCC(=O)O)cc1. The normalized spacial score (nSPS) is 10.6. The van der Waals surface area contributed by atoms with Gasteiger partial charge in [0.2, 0.25) is 5.91 Å². The molecule has 0 saturated carbocycles. The summed E-state index contributed by atoms with van der Waals surface area (Å²) >= 11 is 0. The quantitative estimate of drug-likeness (QED) is 0.137. The zero-order chi connectivity index (χ0) is 36.0. The summed E-state index contributed by atoms with van der Waals surface area (Å²) < 4.78 is 0. The molecule has 0 heterocycles. The lowest BCUT2D eigenvalue weighted by Crippen LogP contribution is -2.36. The maximum absolute atomic E-state index is 13.8. The number of carbonyl (C=O) groups is 5.